The number of nitrogens with two attached hydrogens (primary N) is 1. The summed E-state index contributed by atoms with van der Waals surface area (Å²) in [7, 11) is 1.86. The zero-order valence-corrected chi connectivity index (χ0v) is 20.7. The summed E-state index contributed by atoms with van der Waals surface area (Å²) in [6.07, 6.45) is 5.17. The van der Waals surface area contributed by atoms with E-state index in [1.54, 1.807) is 29.2 Å². The number of nitrogens with zero attached hydrogens (tertiary/aromatic N) is 7. The zero-order valence-electron chi connectivity index (χ0n) is 20.7. The van der Waals surface area contributed by atoms with Gasteiger partial charge in [-0.3, -0.25) is 14.0 Å². The second-order valence-electron chi connectivity index (χ2n) is 8.80. The van der Waals surface area contributed by atoms with Crippen LogP contribution in [0.4, 0.5) is 5.82 Å². The van der Waals surface area contributed by atoms with Gasteiger partial charge in [0.15, 0.2) is 17.2 Å². The minimum absolute atomic E-state index is 0.109. The molecule has 3 N–H and O–H groups in total. The van der Waals surface area contributed by atoms with E-state index in [-0.39, 0.29) is 11.5 Å². The van der Waals surface area contributed by atoms with Crippen molar-refractivity contribution in [3.05, 3.63) is 102 Å². The molecule has 0 aliphatic rings. The van der Waals surface area contributed by atoms with Crippen LogP contribution in [0.2, 0.25) is 0 Å². The van der Waals surface area contributed by atoms with Gasteiger partial charge in [0.25, 0.3) is 5.91 Å². The molecule has 10 heteroatoms. The summed E-state index contributed by atoms with van der Waals surface area (Å²) in [5, 5.41) is 11.5. The lowest BCUT2D eigenvalue weighted by molar-refractivity contribution is 0.0932. The Hall–Kier alpha value is -5.43. The molecule has 0 spiro atoms. The average molecular weight is 502 g/mol. The molecule has 6 aromatic rings. The second kappa shape index (κ2) is 9.22. The Bertz CT molecular complexity index is 1870. The number of benzene rings is 2. The Balaban J connectivity index is 1.45. The molecule has 2 aromatic carbocycles. The van der Waals surface area contributed by atoms with Gasteiger partial charge < -0.3 is 11.1 Å². The van der Waals surface area contributed by atoms with E-state index in [9.17, 15) is 4.79 Å². The summed E-state index contributed by atoms with van der Waals surface area (Å²) in [6, 6.07) is 18.7. The van der Waals surface area contributed by atoms with Crippen LogP contribution in [-0.4, -0.2) is 39.8 Å². The van der Waals surface area contributed by atoms with Crippen LogP contribution in [0.3, 0.4) is 0 Å². The minimum atomic E-state index is -0.483. The maximum Gasteiger partial charge on any atom is 0.274 e. The van der Waals surface area contributed by atoms with Gasteiger partial charge in [-0.2, -0.15) is 10.2 Å². The Labute approximate surface area is 217 Å². The Morgan fingerprint density at radius 2 is 1.84 bits per heavy atom. The van der Waals surface area contributed by atoms with Gasteiger partial charge in [0, 0.05) is 25.1 Å². The number of para-hydroxylation sites is 2. The van der Waals surface area contributed by atoms with Crippen LogP contribution in [0.1, 0.15) is 40.4 Å². The fourth-order valence-electron chi connectivity index (χ4n) is 4.45. The maximum absolute atomic E-state index is 13.4. The number of nitrogen functional groups attached to an aromatic ring is 1. The SMILES string of the molecule is C[C@@H](NC(=O)c1c(N)nc2cccnn12)c1nc2cccc(C#Cc3cnn(C)c3)c2n1-c1ccccc1. The van der Waals surface area contributed by atoms with Crippen LogP contribution < -0.4 is 11.1 Å². The van der Waals surface area contributed by atoms with Crippen molar-refractivity contribution in [2.24, 2.45) is 7.05 Å². The molecule has 10 nitrogen and oxygen atoms in total. The standard InChI is InChI=1S/C28H23N9O/c1-18(32-28(38)25-26(29)34-23-12-7-15-30-37(23)25)27-33-22-11-6-8-20(14-13-19-16-31-35(2)17-19)24(22)36(27)21-9-4-3-5-10-21/h3-12,15-18H,29H2,1-2H3,(H,32,38)/t18-/m1/s1. The lowest BCUT2D eigenvalue weighted by atomic mass is 10.1. The molecule has 1 amide bonds. The normalized spacial score (nSPS) is 11.8. The van der Waals surface area contributed by atoms with Crippen molar-refractivity contribution in [3.63, 3.8) is 0 Å². The largest absolute Gasteiger partial charge is 0.382 e. The van der Waals surface area contributed by atoms with Gasteiger partial charge in [-0.1, -0.05) is 36.1 Å². The lowest BCUT2D eigenvalue weighted by Crippen LogP contribution is -2.30. The molecular weight excluding hydrogens is 478 g/mol. The molecule has 186 valence electrons. The van der Waals surface area contributed by atoms with Crippen LogP contribution in [0.15, 0.2) is 79.3 Å². The molecule has 4 aromatic heterocycles. The third-order valence-electron chi connectivity index (χ3n) is 6.13. The monoisotopic (exact) mass is 501 g/mol. The fourth-order valence-corrected chi connectivity index (χ4v) is 4.45. The topological polar surface area (TPSA) is 121 Å². The average Bonchev–Trinajstić information content (AvgIpc) is 3.62. The molecule has 0 fully saturated rings. The van der Waals surface area contributed by atoms with Crippen LogP contribution in [0.25, 0.3) is 22.4 Å². The number of anilines is 1. The Morgan fingerprint density at radius 1 is 1.00 bits per heavy atom. The van der Waals surface area contributed by atoms with Crippen LogP contribution >= 0.6 is 0 Å². The third-order valence-corrected chi connectivity index (χ3v) is 6.13. The van der Waals surface area contributed by atoms with E-state index in [1.165, 1.54) is 4.52 Å². The number of aryl methyl sites for hydroxylation is 1. The molecule has 1 atom stereocenters. The molecule has 0 aliphatic heterocycles. The summed E-state index contributed by atoms with van der Waals surface area (Å²) < 4.78 is 5.18. The van der Waals surface area contributed by atoms with Crippen LogP contribution in [0, 0.1) is 11.8 Å². The number of rotatable bonds is 4. The number of hydrogen-bond donors (Lipinski definition) is 2. The predicted octanol–water partition coefficient (Wildman–Crippen LogP) is 3.27. The van der Waals surface area contributed by atoms with E-state index in [1.807, 2.05) is 73.3 Å². The molecule has 0 saturated heterocycles. The van der Waals surface area contributed by atoms with Crippen molar-refractivity contribution < 1.29 is 4.79 Å². The summed E-state index contributed by atoms with van der Waals surface area (Å²) in [5.41, 5.74) is 10.9. The number of hydrogen-bond acceptors (Lipinski definition) is 6. The molecule has 0 unspecified atom stereocenters. The van der Waals surface area contributed by atoms with Gasteiger partial charge in [-0.05, 0) is 43.3 Å². The van der Waals surface area contributed by atoms with Gasteiger partial charge in [-0.25, -0.2) is 14.5 Å². The van der Waals surface area contributed by atoms with Crippen molar-refractivity contribution in [2.75, 3.05) is 5.73 Å². The van der Waals surface area contributed by atoms with E-state index in [0.29, 0.717) is 11.5 Å². The van der Waals surface area contributed by atoms with Crippen molar-refractivity contribution in [1.29, 1.82) is 0 Å². The number of imidazole rings is 2. The summed E-state index contributed by atoms with van der Waals surface area (Å²) in [4.78, 5) is 22.5. The maximum atomic E-state index is 13.4. The molecule has 0 aliphatic carbocycles. The van der Waals surface area contributed by atoms with Gasteiger partial charge >= 0.3 is 0 Å². The van der Waals surface area contributed by atoms with Crippen LogP contribution in [-0.2, 0) is 7.05 Å². The molecule has 4 heterocycles. The van der Waals surface area contributed by atoms with Gasteiger partial charge in [0.05, 0.1) is 34.4 Å². The minimum Gasteiger partial charge on any atom is -0.382 e. The molecule has 0 saturated carbocycles. The highest BCUT2D eigenvalue weighted by Crippen LogP contribution is 2.28. The van der Waals surface area contributed by atoms with Crippen molar-refractivity contribution in [2.45, 2.75) is 13.0 Å². The van der Waals surface area contributed by atoms with E-state index in [2.05, 4.69) is 32.3 Å². The predicted molar refractivity (Wildman–Crippen MR) is 144 cm³/mol. The first-order valence-corrected chi connectivity index (χ1v) is 12.0. The highest BCUT2D eigenvalue weighted by Gasteiger charge is 2.24. The molecule has 6 rings (SSSR count). The van der Waals surface area contributed by atoms with Gasteiger partial charge in [0.1, 0.15) is 5.82 Å². The van der Waals surface area contributed by atoms with Gasteiger partial charge in [0.2, 0.25) is 0 Å². The first-order chi connectivity index (χ1) is 18.5. The number of carbonyl (C=O) groups excluding carboxylic acids is 1. The van der Waals surface area contributed by atoms with Crippen molar-refractivity contribution in [3.8, 4) is 17.5 Å². The number of nitrogens with one attached hydrogen (secondary N) is 1. The second-order valence-corrected chi connectivity index (χ2v) is 8.80. The van der Waals surface area contributed by atoms with Crippen LogP contribution in [0.5, 0.6) is 0 Å². The summed E-state index contributed by atoms with van der Waals surface area (Å²) in [5.74, 6) is 6.83. The number of aromatic nitrogens is 7. The summed E-state index contributed by atoms with van der Waals surface area (Å²) >= 11 is 0. The highest BCUT2D eigenvalue weighted by molar-refractivity contribution is 5.98. The third kappa shape index (κ3) is 4.02. The fraction of sp³-hybridized carbons (Fsp3) is 0.107. The van der Waals surface area contributed by atoms with E-state index >= 15 is 0 Å². The molecule has 38 heavy (non-hydrogen) atoms. The number of amides is 1. The first-order valence-electron chi connectivity index (χ1n) is 12.0. The number of carbonyl (C=O) groups is 1. The van der Waals surface area contributed by atoms with Gasteiger partial charge in [-0.15, -0.1) is 0 Å². The quantitative estimate of drug-likeness (QED) is 0.358. The number of fused-ring (bicyclic) bond motifs is 2. The molecule has 0 bridgehead atoms. The highest BCUT2D eigenvalue weighted by atomic mass is 16.2. The Kier molecular flexibility index (Phi) is 5.58. The van der Waals surface area contributed by atoms with Crippen molar-refractivity contribution >= 4 is 28.4 Å². The Morgan fingerprint density at radius 3 is 2.63 bits per heavy atom. The zero-order chi connectivity index (χ0) is 26.2. The smallest absolute Gasteiger partial charge is 0.274 e. The first kappa shape index (κ1) is 23.0. The molecule has 0 radical (unpaired) electrons. The summed E-state index contributed by atoms with van der Waals surface area (Å²) in [6.45, 7) is 1.88. The molecular formula is C28H23N9O. The lowest BCUT2D eigenvalue weighted by Gasteiger charge is -2.17. The van der Waals surface area contributed by atoms with E-state index in [0.717, 1.165) is 27.8 Å². The van der Waals surface area contributed by atoms with E-state index < -0.39 is 11.9 Å². The van der Waals surface area contributed by atoms with Crippen molar-refractivity contribution in [1.82, 2.24) is 39.2 Å². The van der Waals surface area contributed by atoms with E-state index in [4.69, 9.17) is 10.7 Å².